The van der Waals surface area contributed by atoms with Gasteiger partial charge in [-0.3, -0.25) is 4.79 Å². The Balaban J connectivity index is 1.43. The van der Waals surface area contributed by atoms with Crippen molar-refractivity contribution in [3.05, 3.63) is 71.3 Å². The van der Waals surface area contributed by atoms with Crippen molar-refractivity contribution < 1.29 is 13.9 Å². The maximum absolute atomic E-state index is 13.3. The highest BCUT2D eigenvalue weighted by molar-refractivity contribution is 5.79. The zero-order valence-corrected chi connectivity index (χ0v) is 18.8. The summed E-state index contributed by atoms with van der Waals surface area (Å²) in [6.07, 6.45) is 2.22. The topological polar surface area (TPSA) is 59.4 Å². The second-order valence-electron chi connectivity index (χ2n) is 8.24. The highest BCUT2D eigenvalue weighted by Gasteiger charge is 2.24. The lowest BCUT2D eigenvalue weighted by molar-refractivity contribution is -0.121. The van der Waals surface area contributed by atoms with Gasteiger partial charge in [0.25, 0.3) is 0 Å². The number of methoxy groups -OCH3 is 1. The predicted molar refractivity (Wildman–Crippen MR) is 123 cm³/mol. The van der Waals surface area contributed by atoms with Crippen LogP contribution >= 0.6 is 0 Å². The van der Waals surface area contributed by atoms with Gasteiger partial charge in [-0.1, -0.05) is 12.1 Å². The fraction of sp³-hybridized carbons (Fsp3) is 0.360. The molecule has 1 fully saturated rings. The standard InChI is InChI=1S/C25H29FN4O2/c1-17-22(18(2)30(28-17)21-12-10-19(26)11-13-21)15-25(31)27-20-7-6-14-29(16-20)23-8-4-5-9-24(23)32-3/h4-5,8-13,20H,6-7,14-16H2,1-3H3,(H,27,31). The minimum atomic E-state index is -0.287. The number of carbonyl (C=O) groups excluding carboxylic acids is 1. The van der Waals surface area contributed by atoms with Gasteiger partial charge in [0.2, 0.25) is 5.91 Å². The van der Waals surface area contributed by atoms with Crippen LogP contribution in [0.15, 0.2) is 48.5 Å². The van der Waals surface area contributed by atoms with E-state index in [9.17, 15) is 9.18 Å². The molecule has 0 saturated carbocycles. The number of carbonyl (C=O) groups is 1. The van der Waals surface area contributed by atoms with Crippen molar-refractivity contribution >= 4 is 11.6 Å². The zero-order chi connectivity index (χ0) is 22.7. The molecule has 6 nitrogen and oxygen atoms in total. The van der Waals surface area contributed by atoms with Crippen LogP contribution in [0.25, 0.3) is 5.69 Å². The quantitative estimate of drug-likeness (QED) is 0.635. The van der Waals surface area contributed by atoms with E-state index in [0.29, 0.717) is 0 Å². The predicted octanol–water partition coefficient (Wildman–Crippen LogP) is 3.96. The highest BCUT2D eigenvalue weighted by atomic mass is 19.1. The highest BCUT2D eigenvalue weighted by Crippen LogP contribution is 2.30. The molecule has 4 rings (SSSR count). The number of benzene rings is 2. The normalized spacial score (nSPS) is 16.1. The van der Waals surface area contributed by atoms with Crippen LogP contribution in [0.4, 0.5) is 10.1 Å². The molecule has 1 N–H and O–H groups in total. The second kappa shape index (κ2) is 9.42. The van der Waals surface area contributed by atoms with Crippen molar-refractivity contribution in [2.75, 3.05) is 25.1 Å². The largest absolute Gasteiger partial charge is 0.495 e. The molecule has 0 bridgehead atoms. The summed E-state index contributed by atoms with van der Waals surface area (Å²) < 4.78 is 20.5. The van der Waals surface area contributed by atoms with Gasteiger partial charge in [-0.25, -0.2) is 9.07 Å². The Kier molecular flexibility index (Phi) is 6.44. The van der Waals surface area contributed by atoms with E-state index in [0.717, 1.165) is 60.0 Å². The Morgan fingerprint density at radius 2 is 1.94 bits per heavy atom. The average molecular weight is 437 g/mol. The van der Waals surface area contributed by atoms with E-state index in [1.165, 1.54) is 12.1 Å². The number of ether oxygens (including phenoxy) is 1. The van der Waals surface area contributed by atoms with Crippen LogP contribution in [-0.2, 0) is 11.2 Å². The number of para-hydroxylation sites is 2. The first kappa shape index (κ1) is 21.9. The molecule has 1 saturated heterocycles. The van der Waals surface area contributed by atoms with Crippen LogP contribution in [-0.4, -0.2) is 41.9 Å². The lowest BCUT2D eigenvalue weighted by Crippen LogP contribution is -2.48. The van der Waals surface area contributed by atoms with Gasteiger partial charge in [0.05, 0.1) is 30.6 Å². The number of hydrogen-bond donors (Lipinski definition) is 1. The fourth-order valence-electron chi connectivity index (χ4n) is 4.41. The lowest BCUT2D eigenvalue weighted by atomic mass is 10.0. The monoisotopic (exact) mass is 436 g/mol. The van der Waals surface area contributed by atoms with Crippen LogP contribution in [0.1, 0.15) is 29.8 Å². The number of nitrogens with zero attached hydrogens (tertiary/aromatic N) is 3. The Morgan fingerprint density at radius 3 is 2.69 bits per heavy atom. The smallest absolute Gasteiger partial charge is 0.224 e. The molecule has 32 heavy (non-hydrogen) atoms. The summed E-state index contributed by atoms with van der Waals surface area (Å²) in [5.41, 5.74) is 4.44. The van der Waals surface area contributed by atoms with E-state index in [1.54, 1.807) is 23.9 Å². The second-order valence-corrected chi connectivity index (χ2v) is 8.24. The Morgan fingerprint density at radius 1 is 1.19 bits per heavy atom. The van der Waals surface area contributed by atoms with E-state index >= 15 is 0 Å². The molecule has 3 aromatic rings. The summed E-state index contributed by atoms with van der Waals surface area (Å²) in [5.74, 6) is 0.546. The van der Waals surface area contributed by atoms with Gasteiger partial charge < -0.3 is 15.0 Å². The van der Waals surface area contributed by atoms with Crippen molar-refractivity contribution in [2.24, 2.45) is 0 Å². The number of amides is 1. The van der Waals surface area contributed by atoms with Crippen molar-refractivity contribution in [1.82, 2.24) is 15.1 Å². The Bertz CT molecular complexity index is 1090. The van der Waals surface area contributed by atoms with Crippen molar-refractivity contribution in [3.63, 3.8) is 0 Å². The summed E-state index contributed by atoms with van der Waals surface area (Å²) in [6.45, 7) is 5.53. The van der Waals surface area contributed by atoms with Gasteiger partial charge in [0.1, 0.15) is 11.6 Å². The number of anilines is 1. The van der Waals surface area contributed by atoms with Crippen molar-refractivity contribution in [2.45, 2.75) is 39.2 Å². The van der Waals surface area contributed by atoms with Gasteiger partial charge >= 0.3 is 0 Å². The maximum Gasteiger partial charge on any atom is 0.224 e. The van der Waals surface area contributed by atoms with E-state index in [-0.39, 0.29) is 24.2 Å². The number of piperidine rings is 1. The third-order valence-corrected chi connectivity index (χ3v) is 6.06. The molecule has 1 aliphatic rings. The Hall–Kier alpha value is -3.35. The number of nitrogens with one attached hydrogen (secondary N) is 1. The number of aromatic nitrogens is 2. The number of hydrogen-bond acceptors (Lipinski definition) is 4. The number of halogens is 1. The third kappa shape index (κ3) is 4.61. The molecular formula is C25H29FN4O2. The molecular weight excluding hydrogens is 407 g/mol. The maximum atomic E-state index is 13.3. The molecule has 168 valence electrons. The number of rotatable bonds is 6. The summed E-state index contributed by atoms with van der Waals surface area (Å²) >= 11 is 0. The number of aryl methyl sites for hydroxylation is 1. The molecule has 0 radical (unpaired) electrons. The third-order valence-electron chi connectivity index (χ3n) is 6.06. The van der Waals surface area contributed by atoms with Crippen molar-refractivity contribution in [3.8, 4) is 11.4 Å². The van der Waals surface area contributed by atoms with Crippen LogP contribution < -0.4 is 15.0 Å². The first-order valence-corrected chi connectivity index (χ1v) is 10.9. The molecule has 2 aromatic carbocycles. The first-order valence-electron chi connectivity index (χ1n) is 10.9. The van der Waals surface area contributed by atoms with Crippen molar-refractivity contribution in [1.29, 1.82) is 0 Å². The summed E-state index contributed by atoms with van der Waals surface area (Å²) in [7, 11) is 1.68. The molecule has 1 aromatic heterocycles. The minimum Gasteiger partial charge on any atom is -0.495 e. The van der Waals surface area contributed by atoms with E-state index in [1.807, 2.05) is 32.0 Å². The van der Waals surface area contributed by atoms with Crippen LogP contribution in [0.3, 0.4) is 0 Å². The van der Waals surface area contributed by atoms with E-state index in [4.69, 9.17) is 4.74 Å². The summed E-state index contributed by atoms with van der Waals surface area (Å²) in [6, 6.07) is 14.3. The van der Waals surface area contributed by atoms with E-state index < -0.39 is 0 Å². The molecule has 0 spiro atoms. The Labute approximate surface area is 188 Å². The molecule has 0 aliphatic carbocycles. The molecule has 1 atom stereocenters. The molecule has 1 unspecified atom stereocenters. The summed E-state index contributed by atoms with van der Waals surface area (Å²) in [5, 5.41) is 7.78. The lowest BCUT2D eigenvalue weighted by Gasteiger charge is -2.35. The molecule has 1 amide bonds. The average Bonchev–Trinajstić information content (AvgIpc) is 3.08. The van der Waals surface area contributed by atoms with Crippen LogP contribution in [0.2, 0.25) is 0 Å². The van der Waals surface area contributed by atoms with Gasteiger partial charge in [-0.15, -0.1) is 0 Å². The van der Waals surface area contributed by atoms with Crippen LogP contribution in [0, 0.1) is 19.7 Å². The van der Waals surface area contributed by atoms with E-state index in [2.05, 4.69) is 21.4 Å². The van der Waals surface area contributed by atoms with Gasteiger partial charge in [-0.2, -0.15) is 5.10 Å². The molecule has 1 aliphatic heterocycles. The van der Waals surface area contributed by atoms with Gasteiger partial charge in [-0.05, 0) is 63.1 Å². The van der Waals surface area contributed by atoms with Gasteiger partial charge in [0.15, 0.2) is 0 Å². The summed E-state index contributed by atoms with van der Waals surface area (Å²) in [4.78, 5) is 15.2. The first-order chi connectivity index (χ1) is 15.5. The fourth-order valence-corrected chi connectivity index (χ4v) is 4.41. The van der Waals surface area contributed by atoms with Crippen LogP contribution in [0.5, 0.6) is 5.75 Å². The minimum absolute atomic E-state index is 0.0123. The zero-order valence-electron chi connectivity index (χ0n) is 18.8. The molecule has 7 heteroatoms. The molecule has 2 heterocycles. The SMILES string of the molecule is COc1ccccc1N1CCCC(NC(=O)Cc2c(C)nn(-c3ccc(F)cc3)c2C)C1. The van der Waals surface area contributed by atoms with Gasteiger partial charge in [0, 0.05) is 30.4 Å².